The molecule has 0 saturated carbocycles. The van der Waals surface area contributed by atoms with Gasteiger partial charge in [-0.1, -0.05) is 133 Å². The first-order chi connectivity index (χ1) is 32.6. The zero-order valence-electron chi connectivity index (χ0n) is 40.9. The highest BCUT2D eigenvalue weighted by atomic mass is 16.6. The molecule has 4 aromatic carbocycles. The minimum Gasteiger partial charge on any atom is -0.464 e. The van der Waals surface area contributed by atoms with Crippen LogP contribution in [0.4, 0.5) is 4.79 Å². The molecule has 68 heavy (non-hydrogen) atoms. The number of esters is 3. The summed E-state index contributed by atoms with van der Waals surface area (Å²) in [6.07, 6.45) is 2.07. The zero-order valence-corrected chi connectivity index (χ0v) is 40.9. The predicted octanol–water partition coefficient (Wildman–Crippen LogP) is 10.5. The van der Waals surface area contributed by atoms with Crippen LogP contribution in [0.25, 0.3) is 0 Å². The van der Waals surface area contributed by atoms with Gasteiger partial charge in [0.25, 0.3) is 0 Å². The van der Waals surface area contributed by atoms with Crippen LogP contribution in [-0.2, 0) is 78.7 Å². The van der Waals surface area contributed by atoms with Crippen molar-refractivity contribution in [3.63, 3.8) is 0 Å². The molecule has 0 aromatic heterocycles. The Hall–Kier alpha value is -6.12. The molecule has 13 nitrogen and oxygen atoms in total. The quantitative estimate of drug-likeness (QED) is 0.0209. The third kappa shape index (κ3) is 23.1. The second-order valence-electron chi connectivity index (χ2n) is 17.0. The van der Waals surface area contributed by atoms with Crippen molar-refractivity contribution in [2.24, 2.45) is 0 Å². The summed E-state index contributed by atoms with van der Waals surface area (Å²) in [4.78, 5) is 47.8. The summed E-state index contributed by atoms with van der Waals surface area (Å²) in [5.74, 6) is -1.43. The lowest BCUT2D eigenvalue weighted by Crippen LogP contribution is -2.42. The summed E-state index contributed by atoms with van der Waals surface area (Å²) >= 11 is 0. The molecular formula is C55H71NO12. The smallest absolute Gasteiger partial charge is 0.412 e. The fourth-order valence-corrected chi connectivity index (χ4v) is 6.91. The minimum atomic E-state index is -0.747. The van der Waals surface area contributed by atoms with Crippen LogP contribution in [0.3, 0.4) is 0 Å². The lowest BCUT2D eigenvalue weighted by atomic mass is 10.0. The van der Waals surface area contributed by atoms with Crippen LogP contribution in [0.5, 0.6) is 0 Å². The number of nitrogens with one attached hydrogen (secondary N) is 1. The van der Waals surface area contributed by atoms with Crippen LogP contribution in [0.2, 0.25) is 0 Å². The van der Waals surface area contributed by atoms with Crippen LogP contribution in [-0.4, -0.2) is 73.3 Å². The van der Waals surface area contributed by atoms with Crippen LogP contribution in [0.1, 0.15) is 96.4 Å². The van der Waals surface area contributed by atoms with E-state index in [0.29, 0.717) is 52.1 Å². The van der Waals surface area contributed by atoms with Gasteiger partial charge in [0.2, 0.25) is 0 Å². The molecule has 6 atom stereocenters. The zero-order chi connectivity index (χ0) is 49.7. The minimum absolute atomic E-state index is 0.00587. The number of carbonyl (C=O) groups excluding carboxylic acids is 4. The van der Waals surface area contributed by atoms with Gasteiger partial charge in [-0.3, -0.25) is 14.9 Å². The van der Waals surface area contributed by atoms with Gasteiger partial charge >= 0.3 is 24.0 Å². The molecule has 0 fully saturated rings. The number of unbranched alkanes of at least 4 members (excludes halogenated alkanes) is 1. The SMILES string of the molecule is C=CC[C@@H](OCc1ccccc1)[C@H](OCc1ccccc1)[C@@H](C)OC(C)=O.COC(=O)/C(=C/CCC[C@H](OCc1ccccc1)[C@@H](OCc1ccccc1)[C@H](C)OC(C)=O)NC(=O)OC(C)(C)C. The molecule has 0 radical (unpaired) electrons. The van der Waals surface area contributed by atoms with E-state index in [9.17, 15) is 19.2 Å². The molecule has 0 spiro atoms. The first-order valence-corrected chi connectivity index (χ1v) is 22.9. The van der Waals surface area contributed by atoms with Gasteiger partial charge in [0.15, 0.2) is 0 Å². The highest BCUT2D eigenvalue weighted by Crippen LogP contribution is 2.23. The Balaban J connectivity index is 0.000000392. The van der Waals surface area contributed by atoms with Crippen LogP contribution < -0.4 is 5.32 Å². The second-order valence-corrected chi connectivity index (χ2v) is 17.0. The van der Waals surface area contributed by atoms with Gasteiger partial charge < -0.3 is 37.9 Å². The molecule has 4 aromatic rings. The monoisotopic (exact) mass is 937 g/mol. The normalized spacial score (nSPS) is 14.0. The largest absolute Gasteiger partial charge is 0.464 e. The van der Waals surface area contributed by atoms with E-state index >= 15 is 0 Å². The van der Waals surface area contributed by atoms with Gasteiger partial charge in [0.05, 0.1) is 45.7 Å². The van der Waals surface area contributed by atoms with Crippen molar-refractivity contribution in [1.29, 1.82) is 0 Å². The van der Waals surface area contributed by atoms with Crippen LogP contribution >= 0.6 is 0 Å². The van der Waals surface area contributed by atoms with Crippen molar-refractivity contribution in [2.45, 2.75) is 143 Å². The molecule has 0 aliphatic rings. The number of allylic oxidation sites excluding steroid dienone is 1. The Morgan fingerprint density at radius 1 is 0.603 bits per heavy atom. The van der Waals surface area contributed by atoms with Gasteiger partial charge in [-0.25, -0.2) is 9.59 Å². The van der Waals surface area contributed by atoms with Gasteiger partial charge in [-0.15, -0.1) is 6.58 Å². The topological polar surface area (TPSA) is 154 Å². The number of alkyl carbamates (subject to hydrolysis) is 1. The van der Waals surface area contributed by atoms with E-state index < -0.39 is 54.2 Å². The number of methoxy groups -OCH3 is 1. The summed E-state index contributed by atoms with van der Waals surface area (Å²) in [7, 11) is 1.24. The fourth-order valence-electron chi connectivity index (χ4n) is 6.91. The first kappa shape index (κ1) is 56.2. The summed E-state index contributed by atoms with van der Waals surface area (Å²) < 4.78 is 46.0. The van der Waals surface area contributed by atoms with Crippen LogP contribution in [0.15, 0.2) is 146 Å². The molecule has 13 heteroatoms. The van der Waals surface area contributed by atoms with Crippen molar-refractivity contribution in [1.82, 2.24) is 5.32 Å². The highest BCUT2D eigenvalue weighted by molar-refractivity contribution is 5.92. The summed E-state index contributed by atoms with van der Waals surface area (Å²) in [6.45, 7) is 16.9. The Morgan fingerprint density at radius 2 is 0.985 bits per heavy atom. The summed E-state index contributed by atoms with van der Waals surface area (Å²) in [5.41, 5.74) is 3.38. The lowest BCUT2D eigenvalue weighted by Gasteiger charge is -2.31. The van der Waals surface area contributed by atoms with Gasteiger partial charge in [-0.2, -0.15) is 0 Å². The maximum absolute atomic E-state index is 12.3. The third-order valence-corrected chi connectivity index (χ3v) is 10.0. The second kappa shape index (κ2) is 31.0. The van der Waals surface area contributed by atoms with Crippen molar-refractivity contribution in [2.75, 3.05) is 7.11 Å². The van der Waals surface area contributed by atoms with Crippen molar-refractivity contribution >= 4 is 24.0 Å². The average Bonchev–Trinajstić information content (AvgIpc) is 3.31. The Morgan fingerprint density at radius 3 is 1.35 bits per heavy atom. The molecule has 0 saturated heterocycles. The molecule has 0 unspecified atom stereocenters. The van der Waals surface area contributed by atoms with E-state index in [-0.39, 0.29) is 17.8 Å². The van der Waals surface area contributed by atoms with Crippen molar-refractivity contribution in [3.8, 4) is 0 Å². The predicted molar refractivity (Wildman–Crippen MR) is 261 cm³/mol. The molecule has 0 aliphatic carbocycles. The number of hydrogen-bond acceptors (Lipinski definition) is 12. The maximum Gasteiger partial charge on any atom is 0.412 e. The molecule has 4 rings (SSSR count). The molecule has 0 aliphatic heterocycles. The Labute approximate surface area is 403 Å². The standard InChI is InChI=1S/C32H43NO8.C23H28O4/c1-23(40-24(2)34)29(39-22-26-17-11-8-12-18-26)28(38-21-25-15-9-7-10-16-25)20-14-13-19-27(30(35)37-6)33-31(36)41-32(3,4)5;1-4-11-22(25-16-20-12-7-5-8-13-20)23(18(2)27-19(3)24)26-17-21-14-9-6-10-15-21/h7-12,15-19,23,28-29H,13-14,20-22H2,1-6H3,(H,33,36);4-10,12-15,18,22-23H,1,11,16-17H2,2-3H3/b27-19-;/t23-,28-,29-;18-,22-,23-/m01/s1. The van der Waals surface area contributed by atoms with E-state index in [1.165, 1.54) is 21.0 Å². The van der Waals surface area contributed by atoms with Gasteiger partial charge in [0.1, 0.15) is 35.7 Å². The molecule has 368 valence electrons. The molecule has 0 bridgehead atoms. The molecular weight excluding hydrogens is 867 g/mol. The molecule has 0 heterocycles. The highest BCUT2D eigenvalue weighted by Gasteiger charge is 2.32. The van der Waals surface area contributed by atoms with Crippen LogP contribution in [0, 0.1) is 0 Å². The van der Waals surface area contributed by atoms with E-state index in [1.807, 2.05) is 128 Å². The number of rotatable bonds is 26. The van der Waals surface area contributed by atoms with Gasteiger partial charge in [-0.05, 0) is 82.6 Å². The molecule has 1 N–H and O–H groups in total. The maximum atomic E-state index is 12.3. The van der Waals surface area contributed by atoms with Crippen molar-refractivity contribution < 1.29 is 57.1 Å². The van der Waals surface area contributed by atoms with E-state index in [4.69, 9.17) is 37.9 Å². The van der Waals surface area contributed by atoms with Gasteiger partial charge in [0, 0.05) is 13.8 Å². The Bertz CT molecular complexity index is 2090. The number of amides is 1. The lowest BCUT2D eigenvalue weighted by molar-refractivity contribution is -0.169. The number of hydrogen-bond donors (Lipinski definition) is 1. The number of benzene rings is 4. The summed E-state index contributed by atoms with van der Waals surface area (Å²) in [6, 6.07) is 39.3. The van der Waals surface area contributed by atoms with E-state index in [2.05, 4.69) is 11.9 Å². The number of carbonyl (C=O) groups is 4. The number of ether oxygens (including phenoxy) is 8. The molecule has 1 amide bonds. The fraction of sp³-hybridized carbons (Fsp3) is 0.418. The third-order valence-electron chi connectivity index (χ3n) is 10.0. The average molecular weight is 938 g/mol. The van der Waals surface area contributed by atoms with E-state index in [1.54, 1.807) is 39.8 Å². The Kier molecular flexibility index (Phi) is 25.6. The van der Waals surface area contributed by atoms with Crippen molar-refractivity contribution in [3.05, 3.63) is 168 Å². The van der Waals surface area contributed by atoms with E-state index in [0.717, 1.165) is 22.3 Å². The summed E-state index contributed by atoms with van der Waals surface area (Å²) in [5, 5.41) is 2.47. The first-order valence-electron chi connectivity index (χ1n) is 22.9.